The van der Waals surface area contributed by atoms with E-state index in [2.05, 4.69) is 64.3 Å². The van der Waals surface area contributed by atoms with Gasteiger partial charge >= 0.3 is 0 Å². The van der Waals surface area contributed by atoms with Gasteiger partial charge in [0, 0.05) is 18.8 Å². The van der Waals surface area contributed by atoms with Crippen LogP contribution in [0.4, 0.5) is 22.7 Å². The summed E-state index contributed by atoms with van der Waals surface area (Å²) in [4.78, 5) is 8.50. The SMILES string of the molecule is CCCCC1=CC2SC(N=Nc3ccc(N=Nc4ccc(N(CC)CC)cc4)cc3)=NC2S1. The molecule has 2 atom stereocenters. The highest BCUT2D eigenvalue weighted by Gasteiger charge is 2.35. The van der Waals surface area contributed by atoms with Crippen molar-refractivity contribution in [2.45, 2.75) is 50.7 Å². The number of azo groups is 2. The molecular formula is C25H30N6S2. The summed E-state index contributed by atoms with van der Waals surface area (Å²) < 4.78 is 0. The van der Waals surface area contributed by atoms with Gasteiger partial charge in [-0.15, -0.1) is 22.0 Å². The van der Waals surface area contributed by atoms with Crippen LogP contribution in [0.1, 0.15) is 40.0 Å². The maximum Gasteiger partial charge on any atom is 0.206 e. The molecule has 2 aliphatic rings. The maximum atomic E-state index is 4.73. The number of hydrogen-bond acceptors (Lipinski definition) is 8. The summed E-state index contributed by atoms with van der Waals surface area (Å²) in [6, 6.07) is 15.8. The molecule has 0 amide bonds. The maximum absolute atomic E-state index is 4.73. The third-order valence-corrected chi connectivity index (χ3v) is 8.04. The van der Waals surface area contributed by atoms with Gasteiger partial charge in [0.1, 0.15) is 5.37 Å². The van der Waals surface area contributed by atoms with Crippen LogP contribution in [0.2, 0.25) is 0 Å². The lowest BCUT2D eigenvalue weighted by Gasteiger charge is -2.20. The third kappa shape index (κ3) is 6.32. The molecule has 4 rings (SSSR count). The van der Waals surface area contributed by atoms with E-state index in [-0.39, 0.29) is 5.37 Å². The summed E-state index contributed by atoms with van der Waals surface area (Å²) >= 11 is 3.59. The Morgan fingerprint density at radius 2 is 1.36 bits per heavy atom. The Hall–Kier alpha value is -2.45. The molecule has 2 heterocycles. The number of aliphatic imine (C=N–C) groups is 1. The van der Waals surface area contributed by atoms with Crippen LogP contribution in [-0.4, -0.2) is 28.9 Å². The van der Waals surface area contributed by atoms with Gasteiger partial charge in [0.05, 0.1) is 22.3 Å². The molecule has 0 N–H and O–H groups in total. The molecule has 8 heteroatoms. The molecule has 2 aromatic rings. The van der Waals surface area contributed by atoms with E-state index in [0.29, 0.717) is 5.25 Å². The van der Waals surface area contributed by atoms with Crippen LogP contribution >= 0.6 is 23.5 Å². The lowest BCUT2D eigenvalue weighted by atomic mass is 10.2. The number of amidine groups is 1. The Labute approximate surface area is 204 Å². The van der Waals surface area contributed by atoms with Crippen LogP contribution in [0.3, 0.4) is 0 Å². The van der Waals surface area contributed by atoms with E-state index in [1.54, 1.807) is 11.8 Å². The van der Waals surface area contributed by atoms with Crippen LogP contribution in [0.15, 0.2) is 85.0 Å². The zero-order valence-electron chi connectivity index (χ0n) is 19.4. The summed E-state index contributed by atoms with van der Waals surface area (Å²) in [7, 11) is 0. The second kappa shape index (κ2) is 11.6. The highest BCUT2D eigenvalue weighted by atomic mass is 32.2. The fourth-order valence-electron chi connectivity index (χ4n) is 3.64. The second-order valence-electron chi connectivity index (χ2n) is 7.84. The van der Waals surface area contributed by atoms with E-state index >= 15 is 0 Å². The lowest BCUT2D eigenvalue weighted by Crippen LogP contribution is -2.21. The summed E-state index contributed by atoms with van der Waals surface area (Å²) in [5, 5.41) is 18.8. The van der Waals surface area contributed by atoms with Gasteiger partial charge in [-0.05, 0) is 80.1 Å². The minimum absolute atomic E-state index is 0.264. The molecule has 2 aromatic carbocycles. The predicted octanol–water partition coefficient (Wildman–Crippen LogP) is 8.65. The number of anilines is 1. The molecule has 2 unspecified atom stereocenters. The molecule has 0 bridgehead atoms. The van der Waals surface area contributed by atoms with E-state index in [4.69, 9.17) is 4.99 Å². The Kier molecular flexibility index (Phi) is 8.34. The van der Waals surface area contributed by atoms with E-state index < -0.39 is 0 Å². The Morgan fingerprint density at radius 3 is 1.91 bits per heavy atom. The summed E-state index contributed by atoms with van der Waals surface area (Å²) in [6.07, 6.45) is 6.01. The summed E-state index contributed by atoms with van der Waals surface area (Å²) in [6.45, 7) is 8.53. The Bertz CT molecular complexity index is 1040. The highest BCUT2D eigenvalue weighted by molar-refractivity contribution is 8.16. The fraction of sp³-hybridized carbons (Fsp3) is 0.400. The normalized spacial score (nSPS) is 19.8. The van der Waals surface area contributed by atoms with Crippen molar-refractivity contribution >= 4 is 51.4 Å². The van der Waals surface area contributed by atoms with Crippen molar-refractivity contribution in [3.05, 3.63) is 59.5 Å². The first-order valence-electron chi connectivity index (χ1n) is 11.6. The standard InChI is InChI=1S/C25H30N6S2/c1-4-7-8-22-17-23-24(32-22)26-25(33-23)30-29-19-11-9-18(10-12-19)27-28-20-13-15-21(16-14-20)31(5-2)6-3/h9-17,23-24H,4-8H2,1-3H3. The molecular weight excluding hydrogens is 448 g/mol. The number of benzene rings is 2. The van der Waals surface area contributed by atoms with Crippen molar-refractivity contribution in [1.82, 2.24) is 0 Å². The average molecular weight is 479 g/mol. The van der Waals surface area contributed by atoms with E-state index in [1.165, 1.54) is 29.9 Å². The monoisotopic (exact) mass is 478 g/mol. The third-order valence-electron chi connectivity index (χ3n) is 5.52. The van der Waals surface area contributed by atoms with Gasteiger partial charge in [0.25, 0.3) is 0 Å². The van der Waals surface area contributed by atoms with Crippen molar-refractivity contribution in [2.75, 3.05) is 18.0 Å². The second-order valence-corrected chi connectivity index (χ2v) is 10.2. The Balaban J connectivity index is 1.30. The molecule has 0 fully saturated rings. The van der Waals surface area contributed by atoms with E-state index in [9.17, 15) is 0 Å². The summed E-state index contributed by atoms with van der Waals surface area (Å²) in [5.41, 5.74) is 3.60. The molecule has 0 aliphatic carbocycles. The van der Waals surface area contributed by atoms with Crippen LogP contribution in [-0.2, 0) is 0 Å². The first kappa shape index (κ1) is 23.7. The first-order chi connectivity index (χ1) is 16.2. The number of nitrogens with zero attached hydrogens (tertiary/aromatic N) is 6. The molecule has 0 aromatic heterocycles. The quantitative estimate of drug-likeness (QED) is 0.339. The minimum Gasteiger partial charge on any atom is -0.372 e. The van der Waals surface area contributed by atoms with Crippen molar-refractivity contribution in [3.63, 3.8) is 0 Å². The van der Waals surface area contributed by atoms with Gasteiger partial charge in [-0.25, -0.2) is 4.99 Å². The zero-order chi connectivity index (χ0) is 23.0. The molecule has 33 heavy (non-hydrogen) atoms. The van der Waals surface area contributed by atoms with Crippen molar-refractivity contribution < 1.29 is 0 Å². The Morgan fingerprint density at radius 1 is 0.788 bits per heavy atom. The highest BCUT2D eigenvalue weighted by Crippen LogP contribution is 2.46. The minimum atomic E-state index is 0.264. The molecule has 6 nitrogen and oxygen atoms in total. The first-order valence-corrected chi connectivity index (χ1v) is 13.3. The smallest absolute Gasteiger partial charge is 0.206 e. The lowest BCUT2D eigenvalue weighted by molar-refractivity contribution is 0.808. The molecule has 172 valence electrons. The van der Waals surface area contributed by atoms with Gasteiger partial charge in [-0.1, -0.05) is 31.2 Å². The van der Waals surface area contributed by atoms with Gasteiger partial charge in [0.2, 0.25) is 5.17 Å². The molecule has 2 aliphatic heterocycles. The van der Waals surface area contributed by atoms with Crippen LogP contribution in [0.25, 0.3) is 0 Å². The van der Waals surface area contributed by atoms with Crippen LogP contribution in [0.5, 0.6) is 0 Å². The number of allylic oxidation sites excluding steroid dienone is 1. The topological polar surface area (TPSA) is 65.0 Å². The van der Waals surface area contributed by atoms with Gasteiger partial charge < -0.3 is 4.90 Å². The fourth-order valence-corrected chi connectivity index (χ4v) is 6.21. The molecule has 0 saturated carbocycles. The number of unbranched alkanes of at least 4 members (excludes halogenated alkanes) is 1. The average Bonchev–Trinajstić information content (AvgIpc) is 3.41. The molecule has 0 saturated heterocycles. The van der Waals surface area contributed by atoms with Gasteiger partial charge in [-0.3, -0.25) is 0 Å². The number of rotatable bonds is 9. The van der Waals surface area contributed by atoms with Gasteiger partial charge in [-0.2, -0.15) is 10.2 Å². The van der Waals surface area contributed by atoms with Gasteiger partial charge in [0.15, 0.2) is 0 Å². The van der Waals surface area contributed by atoms with E-state index in [0.717, 1.165) is 35.3 Å². The largest absolute Gasteiger partial charge is 0.372 e. The predicted molar refractivity (Wildman–Crippen MR) is 143 cm³/mol. The summed E-state index contributed by atoms with van der Waals surface area (Å²) in [5.74, 6) is 0. The van der Waals surface area contributed by atoms with Crippen molar-refractivity contribution in [3.8, 4) is 0 Å². The van der Waals surface area contributed by atoms with E-state index in [1.807, 2.05) is 48.2 Å². The molecule has 0 spiro atoms. The number of fused-ring (bicyclic) bond motifs is 1. The van der Waals surface area contributed by atoms with Crippen LogP contribution in [0, 0.1) is 0 Å². The van der Waals surface area contributed by atoms with Crippen molar-refractivity contribution in [1.29, 1.82) is 0 Å². The zero-order valence-corrected chi connectivity index (χ0v) is 21.0. The number of hydrogen-bond donors (Lipinski definition) is 0. The van der Waals surface area contributed by atoms with Crippen molar-refractivity contribution in [2.24, 2.45) is 25.4 Å². The molecule has 0 radical (unpaired) electrons. The van der Waals surface area contributed by atoms with Crippen LogP contribution < -0.4 is 4.90 Å². The number of thioether (sulfide) groups is 2.